The Morgan fingerprint density at radius 2 is 1.81 bits per heavy atom. The molecule has 0 spiro atoms. The van der Waals surface area contributed by atoms with Crippen molar-refractivity contribution in [2.45, 2.75) is 20.0 Å². The second-order valence-corrected chi connectivity index (χ2v) is 6.59. The Bertz CT molecular complexity index is 871. The lowest BCUT2D eigenvalue weighted by Crippen LogP contribution is -2.36. The van der Waals surface area contributed by atoms with Crippen LogP contribution in [0.4, 0.5) is 5.69 Å². The molecule has 6 nitrogen and oxygen atoms in total. The van der Waals surface area contributed by atoms with Crippen molar-refractivity contribution in [3.8, 4) is 0 Å². The Balaban J connectivity index is 1.85. The van der Waals surface area contributed by atoms with Crippen LogP contribution in [0.2, 0.25) is 10.0 Å². The minimum Gasteiger partial charge on any atom is -0.451 e. The van der Waals surface area contributed by atoms with Crippen LogP contribution in [-0.2, 0) is 14.3 Å². The predicted molar refractivity (Wildman–Crippen MR) is 104 cm³/mol. The number of amides is 2. The van der Waals surface area contributed by atoms with Gasteiger partial charge in [-0.3, -0.25) is 14.4 Å². The summed E-state index contributed by atoms with van der Waals surface area (Å²) in [5.41, 5.74) is 1.60. The molecule has 0 aliphatic carbocycles. The van der Waals surface area contributed by atoms with Gasteiger partial charge in [-0.05, 0) is 43.7 Å². The van der Waals surface area contributed by atoms with Gasteiger partial charge in [-0.25, -0.2) is 0 Å². The van der Waals surface area contributed by atoms with Crippen LogP contribution in [0.3, 0.4) is 0 Å². The average molecular weight is 409 g/mol. The number of anilines is 1. The lowest BCUT2D eigenvalue weighted by molar-refractivity contribution is -0.152. The monoisotopic (exact) mass is 408 g/mol. The lowest BCUT2D eigenvalue weighted by atomic mass is 10.1. The van der Waals surface area contributed by atoms with Gasteiger partial charge < -0.3 is 15.4 Å². The van der Waals surface area contributed by atoms with E-state index in [1.165, 1.54) is 13.0 Å². The number of hydrogen-bond donors (Lipinski definition) is 2. The second-order valence-electron chi connectivity index (χ2n) is 5.74. The molecule has 2 rings (SSSR count). The van der Waals surface area contributed by atoms with Crippen LogP contribution in [-0.4, -0.2) is 30.4 Å². The van der Waals surface area contributed by atoms with E-state index in [9.17, 15) is 14.4 Å². The minimum absolute atomic E-state index is 0.264. The molecular weight excluding hydrogens is 391 g/mol. The van der Waals surface area contributed by atoms with Crippen molar-refractivity contribution in [3.05, 3.63) is 63.6 Å². The number of nitrogens with one attached hydrogen (secondary N) is 2. The van der Waals surface area contributed by atoms with Gasteiger partial charge >= 0.3 is 5.97 Å². The van der Waals surface area contributed by atoms with Gasteiger partial charge in [-0.15, -0.1) is 0 Å². The van der Waals surface area contributed by atoms with Gasteiger partial charge in [0.05, 0.1) is 10.7 Å². The molecule has 0 radical (unpaired) electrons. The number of aryl methyl sites for hydroxylation is 1. The molecule has 2 aromatic rings. The average Bonchev–Trinajstić information content (AvgIpc) is 2.62. The molecule has 0 saturated carbocycles. The van der Waals surface area contributed by atoms with Crippen molar-refractivity contribution < 1.29 is 19.1 Å². The number of esters is 1. The van der Waals surface area contributed by atoms with E-state index in [1.807, 2.05) is 6.07 Å². The molecule has 0 saturated heterocycles. The largest absolute Gasteiger partial charge is 0.451 e. The number of ether oxygens (including phenoxy) is 1. The predicted octanol–water partition coefficient (Wildman–Crippen LogP) is 3.60. The van der Waals surface area contributed by atoms with Crippen LogP contribution >= 0.6 is 23.2 Å². The smallest absolute Gasteiger partial charge is 0.326 e. The number of hydrogen-bond acceptors (Lipinski definition) is 4. The molecule has 2 N–H and O–H groups in total. The molecule has 0 aliphatic heterocycles. The molecule has 0 aliphatic rings. The first kappa shape index (κ1) is 20.7. The highest BCUT2D eigenvalue weighted by molar-refractivity contribution is 6.36. The van der Waals surface area contributed by atoms with Gasteiger partial charge in [-0.1, -0.05) is 41.4 Å². The Morgan fingerprint density at radius 1 is 1.11 bits per heavy atom. The Hall–Kier alpha value is -2.57. The fourth-order valence-corrected chi connectivity index (χ4v) is 2.65. The molecule has 0 fully saturated rings. The number of rotatable bonds is 6. The summed E-state index contributed by atoms with van der Waals surface area (Å²) in [4.78, 5) is 36.1. The van der Waals surface area contributed by atoms with Crippen LogP contribution < -0.4 is 10.6 Å². The maximum absolute atomic E-state index is 12.1. The highest BCUT2D eigenvalue weighted by Crippen LogP contribution is 2.25. The van der Waals surface area contributed by atoms with Crippen molar-refractivity contribution in [2.24, 2.45) is 0 Å². The van der Waals surface area contributed by atoms with Crippen LogP contribution in [0, 0.1) is 6.92 Å². The molecule has 0 heterocycles. The second kappa shape index (κ2) is 9.39. The summed E-state index contributed by atoms with van der Waals surface area (Å²) in [7, 11) is 0. The summed E-state index contributed by atoms with van der Waals surface area (Å²) in [5.74, 6) is -1.69. The van der Waals surface area contributed by atoms with Gasteiger partial charge in [0.15, 0.2) is 6.10 Å². The zero-order valence-electron chi connectivity index (χ0n) is 14.7. The van der Waals surface area contributed by atoms with E-state index in [2.05, 4.69) is 10.6 Å². The quantitative estimate of drug-likeness (QED) is 0.714. The highest BCUT2D eigenvalue weighted by atomic mass is 35.5. The summed E-state index contributed by atoms with van der Waals surface area (Å²) in [6.07, 6.45) is -1.07. The van der Waals surface area contributed by atoms with E-state index in [0.29, 0.717) is 16.3 Å². The zero-order valence-corrected chi connectivity index (χ0v) is 16.2. The lowest BCUT2D eigenvalue weighted by Gasteiger charge is -2.15. The van der Waals surface area contributed by atoms with Crippen LogP contribution in [0.25, 0.3) is 0 Å². The first-order valence-electron chi connectivity index (χ1n) is 8.07. The van der Waals surface area contributed by atoms with E-state index in [-0.39, 0.29) is 11.6 Å². The molecule has 142 valence electrons. The van der Waals surface area contributed by atoms with Gasteiger partial charge in [0, 0.05) is 10.6 Å². The molecule has 2 amide bonds. The summed E-state index contributed by atoms with van der Waals surface area (Å²) < 4.78 is 5.03. The molecule has 1 atom stereocenters. The minimum atomic E-state index is -1.07. The fraction of sp³-hybridized carbons (Fsp3) is 0.211. The summed E-state index contributed by atoms with van der Waals surface area (Å²) in [6, 6.07) is 11.6. The molecule has 2 aromatic carbocycles. The fourth-order valence-electron chi connectivity index (χ4n) is 2.19. The first-order valence-corrected chi connectivity index (χ1v) is 8.82. The number of carbonyl (C=O) groups excluding carboxylic acids is 3. The van der Waals surface area contributed by atoms with Crippen LogP contribution in [0.5, 0.6) is 0 Å². The van der Waals surface area contributed by atoms with Crippen LogP contribution in [0.15, 0.2) is 42.5 Å². The van der Waals surface area contributed by atoms with Gasteiger partial charge in [-0.2, -0.15) is 0 Å². The topological polar surface area (TPSA) is 84.5 Å². The third-order valence-corrected chi connectivity index (χ3v) is 4.20. The molecule has 0 aromatic heterocycles. The number of benzene rings is 2. The van der Waals surface area contributed by atoms with Crippen molar-refractivity contribution in [3.63, 3.8) is 0 Å². The zero-order chi connectivity index (χ0) is 20.0. The van der Waals surface area contributed by atoms with Crippen molar-refractivity contribution in [1.82, 2.24) is 5.32 Å². The Morgan fingerprint density at radius 3 is 2.48 bits per heavy atom. The van der Waals surface area contributed by atoms with E-state index >= 15 is 0 Å². The number of carbonyl (C=O) groups is 3. The van der Waals surface area contributed by atoms with Crippen molar-refractivity contribution in [2.75, 3.05) is 11.9 Å². The first-order chi connectivity index (χ1) is 12.8. The van der Waals surface area contributed by atoms with Gasteiger partial charge in [0.25, 0.3) is 11.8 Å². The Labute approximate surface area is 166 Å². The van der Waals surface area contributed by atoms with Crippen molar-refractivity contribution >= 4 is 46.7 Å². The molecule has 1 unspecified atom stereocenters. The number of halogens is 2. The summed E-state index contributed by atoms with van der Waals surface area (Å²) in [6.45, 7) is 2.86. The SMILES string of the molecule is Cc1ccccc1C(=O)NCC(=O)OC(C)C(=O)Nc1ccc(Cl)cc1Cl. The van der Waals surface area contributed by atoms with Crippen LogP contribution in [0.1, 0.15) is 22.8 Å². The van der Waals surface area contributed by atoms with Gasteiger partial charge in [0.1, 0.15) is 6.54 Å². The molecular formula is C19H18Cl2N2O4. The highest BCUT2D eigenvalue weighted by Gasteiger charge is 2.19. The third-order valence-electron chi connectivity index (χ3n) is 3.65. The molecule has 0 bridgehead atoms. The maximum Gasteiger partial charge on any atom is 0.326 e. The standard InChI is InChI=1S/C19H18Cl2N2O4/c1-11-5-3-4-6-14(11)19(26)22-10-17(24)27-12(2)18(25)23-16-8-7-13(20)9-15(16)21/h3-9,12H,10H2,1-2H3,(H,22,26)(H,23,25). The summed E-state index contributed by atoms with van der Waals surface area (Å²) >= 11 is 11.8. The third kappa shape index (κ3) is 5.98. The van der Waals surface area contributed by atoms with E-state index < -0.39 is 23.9 Å². The van der Waals surface area contributed by atoms with Gasteiger partial charge in [0.2, 0.25) is 0 Å². The van der Waals surface area contributed by atoms with E-state index in [1.54, 1.807) is 37.3 Å². The van der Waals surface area contributed by atoms with Crippen molar-refractivity contribution in [1.29, 1.82) is 0 Å². The molecule has 8 heteroatoms. The normalized spacial score (nSPS) is 11.4. The Kier molecular flexibility index (Phi) is 7.21. The molecule has 27 heavy (non-hydrogen) atoms. The maximum atomic E-state index is 12.1. The summed E-state index contributed by atoms with van der Waals surface area (Å²) in [5, 5.41) is 5.71. The van der Waals surface area contributed by atoms with E-state index in [0.717, 1.165) is 5.56 Å². The van der Waals surface area contributed by atoms with E-state index in [4.69, 9.17) is 27.9 Å².